The summed E-state index contributed by atoms with van der Waals surface area (Å²) in [5.41, 5.74) is 5.23. The highest BCUT2D eigenvalue weighted by Gasteiger charge is 2.29. The van der Waals surface area contributed by atoms with Crippen LogP contribution >= 0.6 is 11.6 Å². The van der Waals surface area contributed by atoms with Crippen LogP contribution in [0.2, 0.25) is 5.02 Å². The van der Waals surface area contributed by atoms with Crippen molar-refractivity contribution >= 4 is 34.6 Å². The molecule has 1 saturated heterocycles. The van der Waals surface area contributed by atoms with Crippen molar-refractivity contribution < 1.29 is 4.79 Å². The van der Waals surface area contributed by atoms with Crippen LogP contribution in [-0.4, -0.2) is 18.2 Å². The predicted octanol–water partition coefficient (Wildman–Crippen LogP) is 4.42. The maximum Gasteiger partial charge on any atom is 0.254 e. The van der Waals surface area contributed by atoms with E-state index in [9.17, 15) is 4.79 Å². The molecule has 1 amide bonds. The van der Waals surface area contributed by atoms with Gasteiger partial charge in [0.15, 0.2) is 0 Å². The smallest absolute Gasteiger partial charge is 0.254 e. The van der Waals surface area contributed by atoms with E-state index in [1.165, 1.54) is 0 Å². The molecule has 0 unspecified atom stereocenters. The van der Waals surface area contributed by atoms with E-state index in [1.807, 2.05) is 55.5 Å². The number of carbonyl (C=O) groups excluding carboxylic acids is 1. The zero-order valence-electron chi connectivity index (χ0n) is 13.8. The highest BCUT2D eigenvalue weighted by Crippen LogP contribution is 2.34. The number of nitrogens with one attached hydrogen (secondary N) is 2. The van der Waals surface area contributed by atoms with Crippen LogP contribution in [-0.2, 0) is 4.79 Å². The zero-order chi connectivity index (χ0) is 17.4. The molecule has 1 atom stereocenters. The fraction of sp³-hybridized carbons (Fsp3) is 0.200. The Hall–Kier alpha value is -2.59. The van der Waals surface area contributed by atoms with Crippen LogP contribution in [0, 0.1) is 0 Å². The molecule has 2 aromatic rings. The average molecular weight is 352 g/mol. The van der Waals surface area contributed by atoms with Crippen LogP contribution in [0.15, 0.2) is 64.8 Å². The van der Waals surface area contributed by atoms with Crippen molar-refractivity contribution in [2.75, 3.05) is 11.9 Å². The van der Waals surface area contributed by atoms with E-state index in [4.69, 9.17) is 16.6 Å². The van der Waals surface area contributed by atoms with Gasteiger partial charge in [0.25, 0.3) is 5.91 Å². The van der Waals surface area contributed by atoms with Crippen molar-refractivity contribution in [2.24, 2.45) is 4.99 Å². The highest BCUT2D eigenvalue weighted by atomic mass is 35.5. The van der Waals surface area contributed by atoms with Gasteiger partial charge in [-0.25, -0.2) is 0 Å². The minimum Gasteiger partial charge on any atom is -0.357 e. The van der Waals surface area contributed by atoms with E-state index in [0.29, 0.717) is 23.6 Å². The van der Waals surface area contributed by atoms with Crippen LogP contribution in [0.5, 0.6) is 0 Å². The Balaban J connectivity index is 1.79. The second-order valence-corrected chi connectivity index (χ2v) is 6.80. The number of fused-ring (bicyclic) bond motifs is 2. The molecule has 0 saturated carbocycles. The number of para-hydroxylation sites is 2. The number of amides is 1. The molecular formula is C20H18ClN3O. The number of hydrogen-bond acceptors (Lipinski definition) is 3. The molecule has 2 N–H and O–H groups in total. The quantitative estimate of drug-likeness (QED) is 0.799. The first-order valence-electron chi connectivity index (χ1n) is 8.30. The lowest BCUT2D eigenvalue weighted by atomic mass is 9.92. The van der Waals surface area contributed by atoms with Gasteiger partial charge >= 0.3 is 0 Å². The van der Waals surface area contributed by atoms with E-state index < -0.39 is 0 Å². The van der Waals surface area contributed by atoms with Gasteiger partial charge < -0.3 is 10.6 Å². The second-order valence-electron chi connectivity index (χ2n) is 6.36. The summed E-state index contributed by atoms with van der Waals surface area (Å²) in [5, 5.41) is 7.08. The first-order valence-corrected chi connectivity index (χ1v) is 8.68. The van der Waals surface area contributed by atoms with Gasteiger partial charge in [-0.15, -0.1) is 0 Å². The summed E-state index contributed by atoms with van der Waals surface area (Å²) < 4.78 is 0. The number of rotatable bonds is 1. The molecule has 0 bridgehead atoms. The predicted molar refractivity (Wildman–Crippen MR) is 102 cm³/mol. The summed E-state index contributed by atoms with van der Waals surface area (Å²) in [6.07, 6.45) is 0.697. The number of benzene rings is 2. The Kier molecular flexibility index (Phi) is 4.06. The number of allylic oxidation sites excluding steroid dienone is 1. The molecule has 2 aliphatic heterocycles. The molecule has 0 aromatic heterocycles. The number of hydrogen-bond donors (Lipinski definition) is 2. The maximum absolute atomic E-state index is 12.7. The first kappa shape index (κ1) is 15.9. The molecule has 2 heterocycles. The third-order valence-electron chi connectivity index (χ3n) is 4.66. The molecule has 5 heteroatoms. The van der Waals surface area contributed by atoms with E-state index in [2.05, 4.69) is 10.6 Å². The average Bonchev–Trinajstić information content (AvgIpc) is 2.84. The van der Waals surface area contributed by atoms with E-state index in [1.54, 1.807) is 0 Å². The zero-order valence-corrected chi connectivity index (χ0v) is 14.6. The van der Waals surface area contributed by atoms with Crippen LogP contribution in [0.25, 0.3) is 0 Å². The summed E-state index contributed by atoms with van der Waals surface area (Å²) in [6, 6.07) is 15.7. The first-order chi connectivity index (χ1) is 12.1. The van der Waals surface area contributed by atoms with Crippen molar-refractivity contribution in [3.63, 3.8) is 0 Å². The summed E-state index contributed by atoms with van der Waals surface area (Å²) in [5.74, 6) is 0.0866. The van der Waals surface area contributed by atoms with E-state index >= 15 is 0 Å². The van der Waals surface area contributed by atoms with Crippen molar-refractivity contribution in [2.45, 2.75) is 19.3 Å². The van der Waals surface area contributed by atoms with E-state index in [0.717, 1.165) is 28.3 Å². The maximum atomic E-state index is 12.7. The van der Waals surface area contributed by atoms with Crippen LogP contribution < -0.4 is 10.6 Å². The molecule has 0 spiro atoms. The third-order valence-corrected chi connectivity index (χ3v) is 4.91. The lowest BCUT2D eigenvalue weighted by molar-refractivity contribution is -0.116. The third kappa shape index (κ3) is 3.05. The Morgan fingerprint density at radius 3 is 2.68 bits per heavy atom. The van der Waals surface area contributed by atoms with Crippen molar-refractivity contribution in [1.29, 1.82) is 0 Å². The van der Waals surface area contributed by atoms with Gasteiger partial charge in [0, 0.05) is 23.2 Å². The van der Waals surface area contributed by atoms with Gasteiger partial charge in [-0.2, -0.15) is 0 Å². The Morgan fingerprint density at radius 1 is 1.12 bits per heavy atom. The number of halogens is 1. The van der Waals surface area contributed by atoms with E-state index in [-0.39, 0.29) is 11.8 Å². The molecule has 1 fully saturated rings. The minimum absolute atomic E-state index is 0.0759. The van der Waals surface area contributed by atoms with Crippen molar-refractivity contribution in [3.8, 4) is 0 Å². The van der Waals surface area contributed by atoms with Gasteiger partial charge in [-0.05, 0) is 43.2 Å². The molecule has 2 aliphatic rings. The second kappa shape index (κ2) is 6.37. The molecule has 0 aliphatic carbocycles. The monoisotopic (exact) mass is 351 g/mol. The number of anilines is 1. The molecular weight excluding hydrogens is 334 g/mol. The lowest BCUT2D eigenvalue weighted by Gasteiger charge is -2.14. The summed E-state index contributed by atoms with van der Waals surface area (Å²) in [7, 11) is 0. The summed E-state index contributed by atoms with van der Waals surface area (Å²) >= 11 is 6.00. The fourth-order valence-corrected chi connectivity index (χ4v) is 3.51. The number of aliphatic imine (C=N–C) groups is 1. The van der Waals surface area contributed by atoms with Gasteiger partial charge in [-0.3, -0.25) is 9.79 Å². The Labute approximate surface area is 151 Å². The molecule has 2 aromatic carbocycles. The van der Waals surface area contributed by atoms with Crippen molar-refractivity contribution in [1.82, 2.24) is 5.32 Å². The highest BCUT2D eigenvalue weighted by molar-refractivity contribution is 6.30. The van der Waals surface area contributed by atoms with Gasteiger partial charge in [-0.1, -0.05) is 35.9 Å². The molecule has 4 nitrogen and oxygen atoms in total. The topological polar surface area (TPSA) is 53.5 Å². The van der Waals surface area contributed by atoms with Crippen molar-refractivity contribution in [3.05, 3.63) is 70.4 Å². The fourth-order valence-electron chi connectivity index (χ4n) is 3.39. The van der Waals surface area contributed by atoms with Crippen LogP contribution in [0.4, 0.5) is 11.4 Å². The molecule has 4 rings (SSSR count). The minimum atomic E-state index is -0.0759. The summed E-state index contributed by atoms with van der Waals surface area (Å²) in [6.45, 7) is 2.51. The van der Waals surface area contributed by atoms with Crippen LogP contribution in [0.1, 0.15) is 24.8 Å². The molecule has 25 heavy (non-hydrogen) atoms. The largest absolute Gasteiger partial charge is 0.357 e. The Bertz CT molecular complexity index is 899. The standard InChI is InChI=1S/C20H18ClN3O/c1-12-19-18(24-17-5-3-2-4-16(17)23-12)10-14(11-22-20(19)25)13-6-8-15(21)9-7-13/h2-9,14,23H,10-11H2,1H3,(H,22,25)/t14-/m0/s1. The number of carbonyl (C=O) groups is 1. The van der Waals surface area contributed by atoms with Gasteiger partial charge in [0.05, 0.1) is 22.7 Å². The van der Waals surface area contributed by atoms with Gasteiger partial charge in [0.1, 0.15) is 0 Å². The lowest BCUT2D eigenvalue weighted by Crippen LogP contribution is -2.28. The molecule has 0 radical (unpaired) electrons. The normalized spacial score (nSPS) is 19.7. The Morgan fingerprint density at radius 2 is 1.88 bits per heavy atom. The summed E-state index contributed by atoms with van der Waals surface area (Å²) in [4.78, 5) is 17.5. The number of nitrogens with zero attached hydrogens (tertiary/aromatic N) is 1. The van der Waals surface area contributed by atoms with Crippen LogP contribution in [0.3, 0.4) is 0 Å². The SMILES string of the molecule is CC1=C2C(=O)NC[C@@H](c3ccc(Cl)cc3)CC2=Nc2ccccc2N1. The molecule has 126 valence electrons. The van der Waals surface area contributed by atoms with Gasteiger partial charge in [0.2, 0.25) is 0 Å².